The number of primary amides is 1. The Balaban J connectivity index is 2.52. The van der Waals surface area contributed by atoms with Crippen molar-refractivity contribution in [3.8, 4) is 11.5 Å². The monoisotopic (exact) mass is 229 g/mol. The first-order chi connectivity index (χ1) is 8.09. The molecule has 0 aliphatic heterocycles. The summed E-state index contributed by atoms with van der Waals surface area (Å²) >= 11 is 0. The third-order valence-electron chi connectivity index (χ3n) is 2.30. The Hall–Kier alpha value is -2.50. The summed E-state index contributed by atoms with van der Waals surface area (Å²) in [4.78, 5) is 23.2. The smallest absolute Gasteiger partial charge is 0.254 e. The van der Waals surface area contributed by atoms with Gasteiger partial charge in [0.2, 0.25) is 0 Å². The van der Waals surface area contributed by atoms with E-state index in [-0.39, 0.29) is 11.4 Å². The minimum atomic E-state index is -0.646. The van der Waals surface area contributed by atoms with Gasteiger partial charge >= 0.3 is 0 Å². The number of rotatable bonds is 2. The van der Waals surface area contributed by atoms with Crippen molar-refractivity contribution in [3.63, 3.8) is 0 Å². The number of pyridine rings is 1. The maximum absolute atomic E-state index is 11.0. The van der Waals surface area contributed by atoms with Crippen molar-refractivity contribution in [2.45, 2.75) is 6.92 Å². The average Bonchev–Trinajstić information content (AvgIpc) is 2.29. The van der Waals surface area contributed by atoms with E-state index in [2.05, 4.69) is 15.0 Å². The molecule has 0 saturated heterocycles. The number of nitrogens with zero attached hydrogens (tertiary/aromatic N) is 3. The van der Waals surface area contributed by atoms with Crippen LogP contribution in [0, 0.1) is 6.92 Å². The molecule has 2 aromatic heterocycles. The van der Waals surface area contributed by atoms with Crippen molar-refractivity contribution in [2.24, 2.45) is 5.73 Å². The van der Waals surface area contributed by atoms with E-state index in [1.807, 2.05) is 19.1 Å². The van der Waals surface area contributed by atoms with E-state index in [1.54, 1.807) is 6.20 Å². The molecular weight excluding hydrogens is 218 g/mol. The van der Waals surface area contributed by atoms with Crippen LogP contribution in [0.3, 0.4) is 0 Å². The van der Waals surface area contributed by atoms with Gasteiger partial charge < -0.3 is 11.5 Å². The van der Waals surface area contributed by atoms with Crippen LogP contribution in [0.1, 0.15) is 15.9 Å². The molecule has 0 atom stereocenters. The van der Waals surface area contributed by atoms with Gasteiger partial charge in [-0.3, -0.25) is 9.78 Å². The van der Waals surface area contributed by atoms with Gasteiger partial charge in [0.05, 0.1) is 5.56 Å². The van der Waals surface area contributed by atoms with Crippen molar-refractivity contribution >= 4 is 11.7 Å². The number of amides is 1. The van der Waals surface area contributed by atoms with Crippen LogP contribution in [0.4, 0.5) is 5.82 Å². The average molecular weight is 229 g/mol. The molecule has 0 radical (unpaired) electrons. The summed E-state index contributed by atoms with van der Waals surface area (Å²) in [5, 5.41) is 0. The lowest BCUT2D eigenvalue weighted by Crippen LogP contribution is -2.15. The number of hydrogen-bond donors (Lipinski definition) is 2. The quantitative estimate of drug-likeness (QED) is 0.780. The Bertz CT molecular complexity index is 582. The fourth-order valence-corrected chi connectivity index (χ4v) is 1.42. The minimum absolute atomic E-state index is 0.0625. The lowest BCUT2D eigenvalue weighted by atomic mass is 10.2. The summed E-state index contributed by atoms with van der Waals surface area (Å²) in [7, 11) is 0. The third kappa shape index (κ3) is 2.05. The molecule has 2 heterocycles. The molecule has 0 bridgehead atoms. The Morgan fingerprint density at radius 1 is 1.35 bits per heavy atom. The Morgan fingerprint density at radius 3 is 2.71 bits per heavy atom. The SMILES string of the molecule is Cc1cccnc1-c1ncc(C(N)=O)c(N)n1. The number of hydrogen-bond acceptors (Lipinski definition) is 5. The largest absolute Gasteiger partial charge is 0.383 e. The molecular formula is C11H11N5O. The van der Waals surface area contributed by atoms with Crippen molar-refractivity contribution < 1.29 is 4.79 Å². The van der Waals surface area contributed by atoms with Crippen LogP contribution in [0.5, 0.6) is 0 Å². The molecule has 1 amide bonds. The lowest BCUT2D eigenvalue weighted by molar-refractivity contribution is 0.100. The molecule has 0 fully saturated rings. The fourth-order valence-electron chi connectivity index (χ4n) is 1.42. The molecule has 6 heteroatoms. The van der Waals surface area contributed by atoms with E-state index >= 15 is 0 Å². The summed E-state index contributed by atoms with van der Waals surface area (Å²) in [6.07, 6.45) is 2.96. The second-order valence-electron chi connectivity index (χ2n) is 3.53. The zero-order valence-corrected chi connectivity index (χ0v) is 9.21. The molecule has 0 spiro atoms. The number of aryl methyl sites for hydroxylation is 1. The zero-order valence-electron chi connectivity index (χ0n) is 9.21. The molecule has 17 heavy (non-hydrogen) atoms. The summed E-state index contributed by atoms with van der Waals surface area (Å²) < 4.78 is 0. The molecule has 0 saturated carbocycles. The third-order valence-corrected chi connectivity index (χ3v) is 2.30. The first-order valence-corrected chi connectivity index (χ1v) is 4.94. The maximum atomic E-state index is 11.0. The molecule has 0 aliphatic rings. The predicted molar refractivity (Wildman–Crippen MR) is 62.9 cm³/mol. The minimum Gasteiger partial charge on any atom is -0.383 e. The van der Waals surface area contributed by atoms with E-state index in [0.29, 0.717) is 11.5 Å². The van der Waals surface area contributed by atoms with Gasteiger partial charge in [0.15, 0.2) is 5.82 Å². The first kappa shape index (κ1) is 11.0. The van der Waals surface area contributed by atoms with E-state index in [0.717, 1.165) is 5.56 Å². The second kappa shape index (κ2) is 4.17. The van der Waals surface area contributed by atoms with Crippen LogP contribution in [0.2, 0.25) is 0 Å². The van der Waals surface area contributed by atoms with Gasteiger partial charge in [0, 0.05) is 12.4 Å². The second-order valence-corrected chi connectivity index (χ2v) is 3.53. The maximum Gasteiger partial charge on any atom is 0.254 e. The van der Waals surface area contributed by atoms with Gasteiger partial charge in [-0.15, -0.1) is 0 Å². The normalized spacial score (nSPS) is 10.2. The highest BCUT2D eigenvalue weighted by Gasteiger charge is 2.12. The fraction of sp³-hybridized carbons (Fsp3) is 0.0909. The topological polar surface area (TPSA) is 108 Å². The summed E-state index contributed by atoms with van der Waals surface area (Å²) in [5.41, 5.74) is 12.4. The lowest BCUT2D eigenvalue weighted by Gasteiger charge is -2.05. The molecule has 0 aliphatic carbocycles. The van der Waals surface area contributed by atoms with Crippen molar-refractivity contribution in [1.29, 1.82) is 0 Å². The van der Waals surface area contributed by atoms with Crippen molar-refractivity contribution in [2.75, 3.05) is 5.73 Å². The number of nitrogen functional groups attached to an aromatic ring is 1. The number of aromatic nitrogens is 3. The Kier molecular flexibility index (Phi) is 2.70. The van der Waals surface area contributed by atoms with E-state index < -0.39 is 5.91 Å². The molecule has 0 unspecified atom stereocenters. The first-order valence-electron chi connectivity index (χ1n) is 4.94. The summed E-state index contributed by atoms with van der Waals surface area (Å²) in [6.45, 7) is 1.89. The van der Waals surface area contributed by atoms with Crippen LogP contribution in [-0.2, 0) is 0 Å². The van der Waals surface area contributed by atoms with Gasteiger partial charge in [-0.2, -0.15) is 0 Å². The van der Waals surface area contributed by atoms with Gasteiger partial charge in [-0.25, -0.2) is 9.97 Å². The zero-order chi connectivity index (χ0) is 12.4. The van der Waals surface area contributed by atoms with Gasteiger partial charge in [-0.1, -0.05) is 6.07 Å². The number of carbonyl (C=O) groups excluding carboxylic acids is 1. The number of nitrogens with two attached hydrogens (primary N) is 2. The van der Waals surface area contributed by atoms with E-state index in [4.69, 9.17) is 11.5 Å². The summed E-state index contributed by atoms with van der Waals surface area (Å²) in [6, 6.07) is 3.71. The van der Waals surface area contributed by atoms with Gasteiger partial charge in [-0.05, 0) is 18.6 Å². The molecule has 6 nitrogen and oxygen atoms in total. The van der Waals surface area contributed by atoms with Crippen LogP contribution >= 0.6 is 0 Å². The molecule has 2 aromatic rings. The van der Waals surface area contributed by atoms with Crippen LogP contribution in [0.25, 0.3) is 11.5 Å². The van der Waals surface area contributed by atoms with E-state index in [1.165, 1.54) is 6.20 Å². The molecule has 0 aromatic carbocycles. The highest BCUT2D eigenvalue weighted by Crippen LogP contribution is 2.18. The Morgan fingerprint density at radius 2 is 2.12 bits per heavy atom. The van der Waals surface area contributed by atoms with Gasteiger partial charge in [0.1, 0.15) is 11.5 Å². The summed E-state index contributed by atoms with van der Waals surface area (Å²) in [5.74, 6) is -0.204. The van der Waals surface area contributed by atoms with E-state index in [9.17, 15) is 4.79 Å². The van der Waals surface area contributed by atoms with Gasteiger partial charge in [0.25, 0.3) is 5.91 Å². The number of carbonyl (C=O) groups is 1. The molecule has 86 valence electrons. The van der Waals surface area contributed by atoms with Crippen LogP contribution in [-0.4, -0.2) is 20.9 Å². The Labute approximate surface area is 97.7 Å². The van der Waals surface area contributed by atoms with Crippen molar-refractivity contribution in [3.05, 3.63) is 35.7 Å². The predicted octanol–water partition coefficient (Wildman–Crippen LogP) is 0.528. The molecule has 4 N–H and O–H groups in total. The highest BCUT2D eigenvalue weighted by atomic mass is 16.1. The van der Waals surface area contributed by atoms with Crippen LogP contribution in [0.15, 0.2) is 24.5 Å². The standard InChI is InChI=1S/C11H11N5O/c1-6-3-2-4-14-8(6)11-15-5-7(10(13)17)9(12)16-11/h2-5H,1H3,(H2,13,17)(H2,12,15,16). The molecule has 2 rings (SSSR count). The van der Waals surface area contributed by atoms with Crippen molar-refractivity contribution in [1.82, 2.24) is 15.0 Å². The highest BCUT2D eigenvalue weighted by molar-refractivity contribution is 5.96. The number of anilines is 1. The van der Waals surface area contributed by atoms with Crippen LogP contribution < -0.4 is 11.5 Å².